The summed E-state index contributed by atoms with van der Waals surface area (Å²) in [5.74, 6) is 1.33. The summed E-state index contributed by atoms with van der Waals surface area (Å²) in [5, 5.41) is 1.44. The van der Waals surface area contributed by atoms with Crippen molar-refractivity contribution < 1.29 is 19.2 Å². The number of methoxy groups -OCH3 is 1. The van der Waals surface area contributed by atoms with E-state index in [9.17, 15) is 4.79 Å². The third-order valence-corrected chi connectivity index (χ3v) is 4.10. The van der Waals surface area contributed by atoms with E-state index in [0.29, 0.717) is 18.0 Å². The van der Waals surface area contributed by atoms with E-state index in [4.69, 9.17) is 14.4 Å². The molecule has 5 heteroatoms. The van der Waals surface area contributed by atoms with E-state index in [2.05, 4.69) is 13.8 Å². The summed E-state index contributed by atoms with van der Waals surface area (Å²) in [6.45, 7) is 4.66. The average Bonchev–Trinajstić information content (AvgIpc) is 2.74. The van der Waals surface area contributed by atoms with Gasteiger partial charge >= 0.3 is 5.97 Å². The molecule has 1 aromatic rings. The van der Waals surface area contributed by atoms with Crippen LogP contribution in [0.3, 0.4) is 0 Å². The highest BCUT2D eigenvalue weighted by Crippen LogP contribution is 2.59. The molecule has 1 aliphatic heterocycles. The molecule has 1 aliphatic carbocycles. The summed E-state index contributed by atoms with van der Waals surface area (Å²) < 4.78 is 4.83. The molecule has 1 fully saturated rings. The highest BCUT2D eigenvalue weighted by atomic mass is 17.0. The molecule has 102 valence electrons. The van der Waals surface area contributed by atoms with Crippen LogP contribution in [0.1, 0.15) is 13.8 Å². The van der Waals surface area contributed by atoms with Gasteiger partial charge in [-0.25, -0.2) is 0 Å². The van der Waals surface area contributed by atoms with Crippen molar-refractivity contribution in [2.45, 2.75) is 13.8 Å². The molecule has 0 spiro atoms. The van der Waals surface area contributed by atoms with E-state index in [1.165, 1.54) is 12.3 Å². The van der Waals surface area contributed by atoms with Crippen molar-refractivity contribution in [3.63, 3.8) is 0 Å². The monoisotopic (exact) mass is 263 g/mol. The van der Waals surface area contributed by atoms with Gasteiger partial charge in [0.25, 0.3) is 0 Å². The first-order chi connectivity index (χ1) is 9.04. The maximum atomic E-state index is 11.7. The van der Waals surface area contributed by atoms with Crippen molar-refractivity contribution in [2.24, 2.45) is 17.3 Å². The maximum Gasteiger partial charge on any atom is 0.309 e. The fourth-order valence-corrected chi connectivity index (χ4v) is 2.75. The van der Waals surface area contributed by atoms with Gasteiger partial charge in [-0.15, -0.1) is 0 Å². The molecule has 0 amide bonds. The number of rotatable bonds is 3. The quantitative estimate of drug-likeness (QED) is 0.781. The summed E-state index contributed by atoms with van der Waals surface area (Å²) in [4.78, 5) is 22.8. The fourth-order valence-electron chi connectivity index (χ4n) is 2.75. The second kappa shape index (κ2) is 4.13. The van der Waals surface area contributed by atoms with Crippen LogP contribution in [0.5, 0.6) is 11.5 Å². The minimum Gasteiger partial charge on any atom is -0.469 e. The van der Waals surface area contributed by atoms with Crippen LogP contribution in [0.25, 0.3) is 0 Å². The summed E-state index contributed by atoms with van der Waals surface area (Å²) in [6, 6.07) is 7.49. The summed E-state index contributed by atoms with van der Waals surface area (Å²) in [5.41, 5.74) is -0.0748. The molecule has 0 radical (unpaired) electrons. The van der Waals surface area contributed by atoms with E-state index < -0.39 is 0 Å². The van der Waals surface area contributed by atoms with Crippen LogP contribution < -0.4 is 9.68 Å². The van der Waals surface area contributed by atoms with Crippen molar-refractivity contribution in [3.05, 3.63) is 24.3 Å². The highest BCUT2D eigenvalue weighted by Gasteiger charge is 2.63. The number of ether oxygens (including phenoxy) is 1. The zero-order valence-electron chi connectivity index (χ0n) is 11.3. The molecule has 2 aliphatic rings. The number of para-hydroxylation sites is 2. The van der Waals surface area contributed by atoms with Crippen LogP contribution in [0.2, 0.25) is 0 Å². The Hall–Kier alpha value is -1.75. The lowest BCUT2D eigenvalue weighted by Crippen LogP contribution is -2.29. The molecular formula is C14H17NO4. The van der Waals surface area contributed by atoms with Gasteiger partial charge in [0.2, 0.25) is 0 Å². The topological polar surface area (TPSA) is 48.0 Å². The SMILES string of the molecule is COC(=O)C1C(CN2Oc3ccccc3O2)C1(C)C. The van der Waals surface area contributed by atoms with Gasteiger partial charge in [0.15, 0.2) is 11.5 Å². The maximum absolute atomic E-state index is 11.7. The summed E-state index contributed by atoms with van der Waals surface area (Å²) in [6.07, 6.45) is 0. The molecule has 0 aromatic heterocycles. The molecule has 3 rings (SSSR count). The third-order valence-electron chi connectivity index (χ3n) is 4.10. The highest BCUT2D eigenvalue weighted by molar-refractivity contribution is 5.77. The van der Waals surface area contributed by atoms with Gasteiger partial charge in [0.05, 0.1) is 19.6 Å². The van der Waals surface area contributed by atoms with Gasteiger partial charge in [-0.1, -0.05) is 26.0 Å². The Balaban J connectivity index is 1.64. The third kappa shape index (κ3) is 1.94. The molecule has 19 heavy (non-hydrogen) atoms. The average molecular weight is 263 g/mol. The van der Waals surface area contributed by atoms with Gasteiger partial charge < -0.3 is 14.4 Å². The Morgan fingerprint density at radius 1 is 1.32 bits per heavy atom. The van der Waals surface area contributed by atoms with Crippen molar-refractivity contribution in [2.75, 3.05) is 13.7 Å². The Morgan fingerprint density at radius 2 is 1.89 bits per heavy atom. The number of carbonyl (C=O) groups excluding carboxylic acids is 1. The number of carbonyl (C=O) groups is 1. The molecule has 2 atom stereocenters. The number of hydrogen-bond donors (Lipinski definition) is 0. The number of hydrogen-bond acceptors (Lipinski definition) is 5. The van der Waals surface area contributed by atoms with Crippen molar-refractivity contribution in [1.82, 2.24) is 5.23 Å². The minimum atomic E-state index is -0.160. The fraction of sp³-hybridized carbons (Fsp3) is 0.500. The number of esters is 1. The molecule has 0 saturated heterocycles. The van der Waals surface area contributed by atoms with Crippen LogP contribution in [0.4, 0.5) is 0 Å². The van der Waals surface area contributed by atoms with E-state index in [0.717, 1.165) is 0 Å². The Bertz CT molecular complexity index is 489. The molecule has 1 aromatic carbocycles. The van der Waals surface area contributed by atoms with E-state index in [1.807, 2.05) is 24.3 Å². The van der Waals surface area contributed by atoms with Crippen LogP contribution in [-0.4, -0.2) is 24.9 Å². The Labute approximate surface area is 112 Å². The first kappa shape index (κ1) is 12.3. The summed E-state index contributed by atoms with van der Waals surface area (Å²) >= 11 is 0. The molecular weight excluding hydrogens is 246 g/mol. The molecule has 0 bridgehead atoms. The summed E-state index contributed by atoms with van der Waals surface area (Å²) in [7, 11) is 1.42. The molecule has 2 unspecified atom stereocenters. The van der Waals surface area contributed by atoms with Crippen LogP contribution in [-0.2, 0) is 9.53 Å². The second-order valence-corrected chi connectivity index (χ2v) is 5.57. The first-order valence-electron chi connectivity index (χ1n) is 6.34. The number of nitrogens with zero attached hydrogens (tertiary/aromatic N) is 1. The van der Waals surface area contributed by atoms with E-state index >= 15 is 0 Å². The van der Waals surface area contributed by atoms with Crippen molar-refractivity contribution in [1.29, 1.82) is 0 Å². The normalized spacial score (nSPS) is 27.1. The van der Waals surface area contributed by atoms with Crippen molar-refractivity contribution in [3.8, 4) is 11.5 Å². The van der Waals surface area contributed by atoms with Crippen molar-refractivity contribution >= 4 is 5.97 Å². The zero-order valence-corrected chi connectivity index (χ0v) is 11.3. The molecule has 1 saturated carbocycles. The molecule has 1 heterocycles. The van der Waals surface area contributed by atoms with Gasteiger partial charge in [-0.3, -0.25) is 4.79 Å². The number of hydroxylamine groups is 2. The largest absolute Gasteiger partial charge is 0.469 e. The zero-order chi connectivity index (χ0) is 13.6. The van der Waals surface area contributed by atoms with Gasteiger partial charge in [0, 0.05) is 5.23 Å². The smallest absolute Gasteiger partial charge is 0.309 e. The molecule has 0 N–H and O–H groups in total. The number of fused-ring (bicyclic) bond motifs is 1. The Morgan fingerprint density at radius 3 is 2.42 bits per heavy atom. The van der Waals surface area contributed by atoms with E-state index in [1.54, 1.807) is 0 Å². The minimum absolute atomic E-state index is 0.0748. The number of benzene rings is 1. The lowest BCUT2D eigenvalue weighted by Gasteiger charge is -2.12. The molecule has 5 nitrogen and oxygen atoms in total. The van der Waals surface area contributed by atoms with Gasteiger partial charge in [-0.2, -0.15) is 0 Å². The Kier molecular flexibility index (Phi) is 2.67. The van der Waals surface area contributed by atoms with Gasteiger partial charge in [0.1, 0.15) is 0 Å². The standard InChI is InChI=1S/C14H17NO4/c1-14(2)9(12(14)13(16)17-3)8-15-18-10-6-4-5-7-11(10)19-15/h4-7,9,12H,8H2,1-3H3. The van der Waals surface area contributed by atoms with Crippen LogP contribution >= 0.6 is 0 Å². The van der Waals surface area contributed by atoms with E-state index in [-0.39, 0.29) is 23.2 Å². The lowest BCUT2D eigenvalue weighted by molar-refractivity contribution is -0.229. The van der Waals surface area contributed by atoms with Crippen LogP contribution in [0, 0.1) is 17.3 Å². The second-order valence-electron chi connectivity index (χ2n) is 5.57. The predicted octanol–water partition coefficient (Wildman–Crippen LogP) is 2.04. The van der Waals surface area contributed by atoms with Crippen LogP contribution in [0.15, 0.2) is 24.3 Å². The first-order valence-corrected chi connectivity index (χ1v) is 6.34. The lowest BCUT2D eigenvalue weighted by atomic mass is 10.1. The predicted molar refractivity (Wildman–Crippen MR) is 67.2 cm³/mol. The van der Waals surface area contributed by atoms with Gasteiger partial charge in [-0.05, 0) is 23.5 Å².